The molecule has 1 saturated heterocycles. The molecule has 2 atom stereocenters. The Hall–Kier alpha value is -5.17. The van der Waals surface area contributed by atoms with Gasteiger partial charge in [0.15, 0.2) is 6.10 Å². The van der Waals surface area contributed by atoms with Crippen LogP contribution in [0.5, 0.6) is 17.4 Å². The molecule has 2 aromatic carbocycles. The van der Waals surface area contributed by atoms with Crippen LogP contribution in [0.3, 0.4) is 0 Å². The van der Waals surface area contributed by atoms with Gasteiger partial charge in [-0.15, -0.1) is 11.3 Å². The number of para-hydroxylation sites is 1. The van der Waals surface area contributed by atoms with Crippen molar-refractivity contribution in [3.05, 3.63) is 95.0 Å². The van der Waals surface area contributed by atoms with Crippen molar-refractivity contribution in [2.24, 2.45) is 0 Å². The summed E-state index contributed by atoms with van der Waals surface area (Å²) in [5.41, 5.74) is 1.97. The summed E-state index contributed by atoms with van der Waals surface area (Å²) >= 11 is 8.10. The maximum absolute atomic E-state index is 14.3. The van der Waals surface area contributed by atoms with Gasteiger partial charge < -0.3 is 28.6 Å². The molecule has 1 fully saturated rings. The highest BCUT2D eigenvalue weighted by Gasteiger charge is 2.33. The Morgan fingerprint density at radius 1 is 1.05 bits per heavy atom. The van der Waals surface area contributed by atoms with Crippen molar-refractivity contribution in [3.63, 3.8) is 0 Å². The highest BCUT2D eigenvalue weighted by atomic mass is 35.5. The largest absolute Gasteiger partial charge is 0.491 e. The number of nitrogens with zero attached hydrogens (tertiary/aromatic N) is 6. The van der Waals surface area contributed by atoms with Gasteiger partial charge in [0.1, 0.15) is 48.2 Å². The molecule has 5 heterocycles. The lowest BCUT2D eigenvalue weighted by molar-refractivity contribution is -0.145. The van der Waals surface area contributed by atoms with Gasteiger partial charge in [-0.2, -0.15) is 22.7 Å². The number of alkyl halides is 3. The SMILES string of the molecule is [B][C@H](c1ccccc1OCc1ccnn1CC(F)(F)F)[C@H](Oc1ncnc2sc(-c3ccc(F)o3)c(-c3ccc(OCCN4CCN(C)CC4)c(Cl)c3C)c12)C(=O)O. The van der Waals surface area contributed by atoms with E-state index < -0.39 is 36.6 Å². The fraction of sp³-hybridized carbons (Fsp3) is 0.333. The van der Waals surface area contributed by atoms with Crippen molar-refractivity contribution in [3.8, 4) is 39.1 Å². The molecule has 7 rings (SSSR count). The third-order valence-electron chi connectivity index (χ3n) is 9.73. The molecule has 4 aromatic heterocycles. The number of carboxylic acids is 1. The number of rotatable bonds is 15. The molecule has 0 amide bonds. The van der Waals surface area contributed by atoms with Crippen LogP contribution in [0.25, 0.3) is 32.0 Å². The van der Waals surface area contributed by atoms with Crippen molar-refractivity contribution < 1.29 is 46.1 Å². The first kappa shape index (κ1) is 41.0. The number of likely N-dealkylation sites (N-methyl/N-ethyl adjacent to an activating group) is 1. The molecule has 0 bridgehead atoms. The van der Waals surface area contributed by atoms with E-state index in [0.29, 0.717) is 49.2 Å². The predicted molar refractivity (Wildman–Crippen MR) is 209 cm³/mol. The number of aromatic nitrogens is 4. The molecule has 0 saturated carbocycles. The average Bonchev–Trinajstić information content (AvgIpc) is 3.93. The monoisotopic (exact) mass is 838 g/mol. The van der Waals surface area contributed by atoms with Crippen LogP contribution in [0.4, 0.5) is 17.6 Å². The second kappa shape index (κ2) is 17.4. The van der Waals surface area contributed by atoms with Crippen LogP contribution < -0.4 is 14.2 Å². The normalized spacial score (nSPS) is 15.1. The summed E-state index contributed by atoms with van der Waals surface area (Å²) in [4.78, 5) is 27.1. The smallest absolute Gasteiger partial charge is 0.408 e. The van der Waals surface area contributed by atoms with Crippen molar-refractivity contribution in [2.45, 2.75) is 38.2 Å². The molecule has 302 valence electrons. The second-order valence-corrected chi connectivity index (χ2v) is 15.0. The molecule has 6 aromatic rings. The van der Waals surface area contributed by atoms with Gasteiger partial charge in [-0.1, -0.05) is 35.9 Å². The van der Waals surface area contributed by atoms with E-state index in [4.69, 9.17) is 38.1 Å². The first-order valence-corrected chi connectivity index (χ1v) is 19.3. The number of hydrogen-bond donors (Lipinski definition) is 1. The van der Waals surface area contributed by atoms with Crippen molar-refractivity contribution in [1.29, 1.82) is 0 Å². The lowest BCUT2D eigenvalue weighted by Gasteiger charge is -2.32. The number of piperazine rings is 1. The van der Waals surface area contributed by atoms with Gasteiger partial charge in [0.05, 0.1) is 28.8 Å². The summed E-state index contributed by atoms with van der Waals surface area (Å²) in [5, 5.41) is 14.9. The highest BCUT2D eigenvalue weighted by molar-refractivity contribution is 7.22. The average molecular weight is 839 g/mol. The number of furan rings is 1. The molecule has 19 heteroatoms. The molecule has 58 heavy (non-hydrogen) atoms. The molecule has 2 radical (unpaired) electrons. The number of ether oxygens (including phenoxy) is 3. The van der Waals surface area contributed by atoms with Gasteiger partial charge >= 0.3 is 12.1 Å². The topological polar surface area (TPSA) is 128 Å². The zero-order chi connectivity index (χ0) is 41.1. The number of carboxylic acid groups (broad SMARTS) is 1. The minimum atomic E-state index is -4.51. The number of thiophene rings is 1. The number of aliphatic carboxylic acids is 1. The number of fused-ring (bicyclic) bond motifs is 1. The van der Waals surface area contributed by atoms with E-state index in [1.54, 1.807) is 31.2 Å². The quantitative estimate of drug-likeness (QED) is 0.0820. The van der Waals surface area contributed by atoms with Crippen LogP contribution in [-0.4, -0.2) is 107 Å². The zero-order valence-corrected chi connectivity index (χ0v) is 32.8. The summed E-state index contributed by atoms with van der Waals surface area (Å²) in [5.74, 6) is -2.20. The summed E-state index contributed by atoms with van der Waals surface area (Å²) < 4.78 is 78.0. The minimum absolute atomic E-state index is 0.118. The highest BCUT2D eigenvalue weighted by Crippen LogP contribution is 2.50. The second-order valence-electron chi connectivity index (χ2n) is 13.6. The van der Waals surface area contributed by atoms with Gasteiger partial charge in [0, 0.05) is 50.6 Å². The van der Waals surface area contributed by atoms with Crippen LogP contribution >= 0.6 is 22.9 Å². The number of halogens is 5. The van der Waals surface area contributed by atoms with Gasteiger partial charge in [0.2, 0.25) is 5.88 Å². The number of carbonyl (C=O) groups is 1. The Morgan fingerprint density at radius 3 is 2.55 bits per heavy atom. The van der Waals surface area contributed by atoms with E-state index in [1.807, 2.05) is 0 Å². The van der Waals surface area contributed by atoms with E-state index in [0.717, 1.165) is 48.7 Å². The molecule has 1 aliphatic heterocycles. The predicted octanol–water partition coefficient (Wildman–Crippen LogP) is 7.43. The van der Waals surface area contributed by atoms with Crippen molar-refractivity contribution in [1.82, 2.24) is 29.5 Å². The van der Waals surface area contributed by atoms with E-state index in [2.05, 4.69) is 31.9 Å². The Balaban J connectivity index is 1.21. The Kier molecular flexibility index (Phi) is 12.3. The van der Waals surface area contributed by atoms with Gasteiger partial charge in [-0.05, 0) is 60.7 Å². The van der Waals surface area contributed by atoms with E-state index >= 15 is 0 Å². The maximum Gasteiger partial charge on any atom is 0.408 e. The van der Waals surface area contributed by atoms with E-state index in [-0.39, 0.29) is 35.3 Å². The zero-order valence-electron chi connectivity index (χ0n) is 31.2. The van der Waals surface area contributed by atoms with Crippen molar-refractivity contribution in [2.75, 3.05) is 46.4 Å². The molecular formula is C39H36BClF4N6O6S. The molecule has 0 unspecified atom stereocenters. The molecule has 1 aliphatic rings. The number of benzene rings is 2. The third-order valence-corrected chi connectivity index (χ3v) is 11.3. The maximum atomic E-state index is 14.3. The molecule has 0 aliphatic carbocycles. The lowest BCUT2D eigenvalue weighted by Crippen LogP contribution is -2.45. The summed E-state index contributed by atoms with van der Waals surface area (Å²) in [6, 6.07) is 13.0. The van der Waals surface area contributed by atoms with E-state index in [1.165, 1.54) is 42.9 Å². The number of hydrogen-bond acceptors (Lipinski definition) is 11. The molecule has 0 spiro atoms. The van der Waals surface area contributed by atoms with Gasteiger partial charge in [-0.25, -0.2) is 14.8 Å². The fourth-order valence-corrected chi connectivity index (χ4v) is 7.98. The first-order chi connectivity index (χ1) is 27.8. The van der Waals surface area contributed by atoms with E-state index in [9.17, 15) is 27.5 Å². The lowest BCUT2D eigenvalue weighted by atomic mass is 9.76. The molecule has 1 N–H and O–H groups in total. The molecule has 12 nitrogen and oxygen atoms in total. The van der Waals surface area contributed by atoms with Crippen molar-refractivity contribution >= 4 is 47.0 Å². The summed E-state index contributed by atoms with van der Waals surface area (Å²) in [6.45, 7) is 5.14. The minimum Gasteiger partial charge on any atom is -0.491 e. The first-order valence-electron chi connectivity index (χ1n) is 18.1. The standard InChI is InChI=1S/C39H36BClF4N6O6S/c1-22-24(7-8-27(33(22)41)54-18-17-50-15-13-49(2)14-16-50)30-31-36(46-21-47-37(31)58-35(30)28-9-10-29(42)56-28)57-34(38(52)53)32(40)25-5-3-4-6-26(25)55-19-23-11-12-48-51(23)20-39(43,44)45/h3-12,21,32,34H,13-20H2,1-2H3,(H,52,53)/t32-,34+/m1/s1. The Labute approximate surface area is 340 Å². The Morgan fingerprint density at radius 2 is 1.83 bits per heavy atom. The third kappa shape index (κ3) is 9.09. The molecular weight excluding hydrogens is 803 g/mol. The van der Waals surface area contributed by atoms with Crippen LogP contribution in [0.1, 0.15) is 22.6 Å². The van der Waals surface area contributed by atoms with Crippen LogP contribution in [0.2, 0.25) is 5.02 Å². The van der Waals surface area contributed by atoms with Crippen LogP contribution in [0, 0.1) is 12.9 Å². The van der Waals surface area contributed by atoms with Crippen LogP contribution in [0.15, 0.2) is 71.5 Å². The summed E-state index contributed by atoms with van der Waals surface area (Å²) in [6.07, 6.45) is -3.85. The Bertz CT molecular complexity index is 2400. The van der Waals surface area contributed by atoms with Crippen LogP contribution in [-0.2, 0) is 17.9 Å². The summed E-state index contributed by atoms with van der Waals surface area (Å²) in [7, 11) is 8.70. The van der Waals surface area contributed by atoms with Gasteiger partial charge in [0.25, 0.3) is 6.01 Å². The fourth-order valence-electron chi connectivity index (χ4n) is 6.66. The van der Waals surface area contributed by atoms with Gasteiger partial charge in [-0.3, -0.25) is 9.58 Å².